The van der Waals surface area contributed by atoms with Crippen molar-refractivity contribution in [3.8, 4) is 17.0 Å². The number of nitrogens with one attached hydrogen (secondary N) is 2. The van der Waals surface area contributed by atoms with E-state index in [1.165, 1.54) is 30.3 Å². The van der Waals surface area contributed by atoms with Gasteiger partial charge in [-0.1, -0.05) is 37.1 Å². The minimum absolute atomic E-state index is 0.117. The summed E-state index contributed by atoms with van der Waals surface area (Å²) in [6, 6.07) is 9.41. The zero-order chi connectivity index (χ0) is 25.8. The van der Waals surface area contributed by atoms with Crippen molar-refractivity contribution in [2.24, 2.45) is 0 Å². The molecule has 0 spiro atoms. The summed E-state index contributed by atoms with van der Waals surface area (Å²) < 4.78 is 19.2. The Morgan fingerprint density at radius 1 is 1.28 bits per heavy atom. The van der Waals surface area contributed by atoms with Gasteiger partial charge in [0.1, 0.15) is 18.1 Å². The predicted molar refractivity (Wildman–Crippen MR) is 136 cm³/mol. The number of anilines is 1. The maximum atomic E-state index is 14.0. The SMILES string of the molecule is CCC[C@@H](NC(=O)CN1Cc2ccc(-c3nc(NC)ncc3Cl)cc2C1=O)c1cc(F)cc(OC)c1. The van der Waals surface area contributed by atoms with Gasteiger partial charge < -0.3 is 20.3 Å². The molecule has 0 fully saturated rings. The summed E-state index contributed by atoms with van der Waals surface area (Å²) in [4.78, 5) is 36.0. The van der Waals surface area contributed by atoms with Gasteiger partial charge in [0, 0.05) is 30.8 Å². The van der Waals surface area contributed by atoms with Crippen LogP contribution in [0.1, 0.15) is 47.3 Å². The molecule has 0 radical (unpaired) electrons. The average molecular weight is 512 g/mol. The first-order valence-electron chi connectivity index (χ1n) is 11.6. The van der Waals surface area contributed by atoms with Gasteiger partial charge in [-0.25, -0.2) is 14.4 Å². The highest BCUT2D eigenvalue weighted by Gasteiger charge is 2.30. The van der Waals surface area contributed by atoms with Crippen molar-refractivity contribution in [3.63, 3.8) is 0 Å². The molecule has 2 N–H and O–H groups in total. The fourth-order valence-corrected chi connectivity index (χ4v) is 4.45. The second-order valence-electron chi connectivity index (χ2n) is 8.51. The van der Waals surface area contributed by atoms with Crippen LogP contribution in [-0.4, -0.2) is 47.4 Å². The second-order valence-corrected chi connectivity index (χ2v) is 8.91. The standard InChI is InChI=1S/C26H27ClFN5O3/c1-4-5-22(17-8-18(28)11-19(9-17)36-3)31-23(34)14-33-13-16-7-6-15(10-20(16)25(33)35)24-21(27)12-30-26(29-2)32-24/h6-12,22H,4-5,13-14H2,1-3H3,(H,31,34)(H,29,30,32)/t22-/m1/s1. The number of hydrogen-bond donors (Lipinski definition) is 2. The van der Waals surface area contributed by atoms with Gasteiger partial charge >= 0.3 is 0 Å². The zero-order valence-electron chi connectivity index (χ0n) is 20.3. The smallest absolute Gasteiger partial charge is 0.254 e. The Kier molecular flexibility index (Phi) is 7.69. The molecule has 0 bridgehead atoms. The van der Waals surface area contributed by atoms with Gasteiger partial charge in [-0.2, -0.15) is 0 Å². The van der Waals surface area contributed by atoms with E-state index in [0.717, 1.165) is 12.0 Å². The minimum atomic E-state index is -0.439. The van der Waals surface area contributed by atoms with Crippen LogP contribution in [0.5, 0.6) is 5.75 Å². The summed E-state index contributed by atoms with van der Waals surface area (Å²) in [5.74, 6) is -0.216. The van der Waals surface area contributed by atoms with Gasteiger partial charge in [0.2, 0.25) is 11.9 Å². The summed E-state index contributed by atoms with van der Waals surface area (Å²) >= 11 is 6.29. The molecule has 2 aromatic carbocycles. The van der Waals surface area contributed by atoms with Crippen molar-refractivity contribution in [2.75, 3.05) is 26.0 Å². The number of methoxy groups -OCH3 is 1. The predicted octanol–water partition coefficient (Wildman–Crippen LogP) is 4.60. The Morgan fingerprint density at radius 3 is 2.81 bits per heavy atom. The van der Waals surface area contributed by atoms with E-state index in [9.17, 15) is 14.0 Å². The second kappa shape index (κ2) is 10.9. The number of carbonyl (C=O) groups excluding carboxylic acids is 2. The van der Waals surface area contributed by atoms with E-state index >= 15 is 0 Å². The number of nitrogens with zero attached hydrogens (tertiary/aromatic N) is 3. The van der Waals surface area contributed by atoms with E-state index in [1.54, 1.807) is 19.2 Å². The Bertz CT molecular complexity index is 1300. The molecule has 4 rings (SSSR count). The van der Waals surface area contributed by atoms with Crippen molar-refractivity contribution in [3.05, 3.63) is 70.1 Å². The molecule has 10 heteroatoms. The highest BCUT2D eigenvalue weighted by Crippen LogP contribution is 2.31. The lowest BCUT2D eigenvalue weighted by Crippen LogP contribution is -2.39. The number of amides is 2. The van der Waals surface area contributed by atoms with Gasteiger partial charge in [-0.15, -0.1) is 0 Å². The molecule has 1 aromatic heterocycles. The number of hydrogen-bond acceptors (Lipinski definition) is 6. The molecule has 1 atom stereocenters. The van der Waals surface area contributed by atoms with Gasteiger partial charge in [-0.05, 0) is 35.7 Å². The quantitative estimate of drug-likeness (QED) is 0.436. The first-order valence-corrected chi connectivity index (χ1v) is 12.0. The molecular formula is C26H27ClFN5O3. The highest BCUT2D eigenvalue weighted by molar-refractivity contribution is 6.33. The molecule has 8 nitrogen and oxygen atoms in total. The highest BCUT2D eigenvalue weighted by atomic mass is 35.5. The van der Waals surface area contributed by atoms with Crippen molar-refractivity contribution < 1.29 is 18.7 Å². The Hall–Kier alpha value is -3.72. The van der Waals surface area contributed by atoms with E-state index in [2.05, 4.69) is 20.6 Å². The summed E-state index contributed by atoms with van der Waals surface area (Å²) in [7, 11) is 3.17. The first-order chi connectivity index (χ1) is 17.3. The minimum Gasteiger partial charge on any atom is -0.497 e. The fraction of sp³-hybridized carbons (Fsp3) is 0.308. The third-order valence-electron chi connectivity index (χ3n) is 6.01. The summed E-state index contributed by atoms with van der Waals surface area (Å²) in [5, 5.41) is 6.19. The molecule has 2 amide bonds. The third-order valence-corrected chi connectivity index (χ3v) is 6.29. The lowest BCUT2D eigenvalue weighted by Gasteiger charge is -2.22. The van der Waals surface area contributed by atoms with Gasteiger partial charge in [0.05, 0.1) is 30.1 Å². The summed E-state index contributed by atoms with van der Waals surface area (Å²) in [6.45, 7) is 2.18. The van der Waals surface area contributed by atoms with Crippen LogP contribution in [0, 0.1) is 5.82 Å². The summed E-state index contributed by atoms with van der Waals surface area (Å²) in [6.07, 6.45) is 2.90. The topological polar surface area (TPSA) is 96.5 Å². The van der Waals surface area contributed by atoms with Crippen molar-refractivity contribution in [1.82, 2.24) is 20.2 Å². The lowest BCUT2D eigenvalue weighted by atomic mass is 10.0. The average Bonchev–Trinajstić information content (AvgIpc) is 3.17. The van der Waals surface area contributed by atoms with Crippen LogP contribution in [0.2, 0.25) is 5.02 Å². The maximum absolute atomic E-state index is 14.0. The van der Waals surface area contributed by atoms with Crippen LogP contribution in [0.4, 0.5) is 10.3 Å². The molecule has 0 saturated carbocycles. The molecule has 0 unspecified atom stereocenters. The van der Waals surface area contributed by atoms with Gasteiger partial charge in [0.25, 0.3) is 5.91 Å². The number of ether oxygens (including phenoxy) is 1. The Morgan fingerprint density at radius 2 is 2.08 bits per heavy atom. The molecule has 0 saturated heterocycles. The molecule has 1 aliphatic heterocycles. The molecule has 2 heterocycles. The fourth-order valence-electron chi connectivity index (χ4n) is 4.25. The number of aromatic nitrogens is 2. The number of halogens is 2. The lowest BCUT2D eigenvalue weighted by molar-refractivity contribution is -0.122. The largest absolute Gasteiger partial charge is 0.497 e. The summed E-state index contributed by atoms with van der Waals surface area (Å²) in [5.41, 5.74) is 3.12. The molecule has 188 valence electrons. The number of fused-ring (bicyclic) bond motifs is 1. The molecule has 36 heavy (non-hydrogen) atoms. The van der Waals surface area contributed by atoms with Crippen LogP contribution in [0.25, 0.3) is 11.3 Å². The monoisotopic (exact) mass is 511 g/mol. The van der Waals surface area contributed by atoms with Crippen LogP contribution in [0.3, 0.4) is 0 Å². The van der Waals surface area contributed by atoms with Crippen LogP contribution < -0.4 is 15.4 Å². The van der Waals surface area contributed by atoms with E-state index in [4.69, 9.17) is 16.3 Å². The maximum Gasteiger partial charge on any atom is 0.254 e. The van der Waals surface area contributed by atoms with Crippen molar-refractivity contribution >= 4 is 29.4 Å². The number of rotatable bonds is 9. The molecular weight excluding hydrogens is 485 g/mol. The normalized spacial score (nSPS) is 13.4. The van der Waals surface area contributed by atoms with Crippen LogP contribution in [0.15, 0.2) is 42.6 Å². The van der Waals surface area contributed by atoms with Crippen molar-refractivity contribution in [1.29, 1.82) is 0 Å². The van der Waals surface area contributed by atoms with E-state index in [0.29, 0.717) is 52.1 Å². The molecule has 1 aliphatic rings. The first kappa shape index (κ1) is 25.4. The van der Waals surface area contributed by atoms with Crippen LogP contribution in [-0.2, 0) is 11.3 Å². The van der Waals surface area contributed by atoms with Crippen LogP contribution >= 0.6 is 11.6 Å². The number of carbonyl (C=O) groups is 2. The molecule has 3 aromatic rings. The number of benzene rings is 2. The Labute approximate surface area is 213 Å². The van der Waals surface area contributed by atoms with E-state index in [-0.39, 0.29) is 18.4 Å². The molecule has 0 aliphatic carbocycles. The zero-order valence-corrected chi connectivity index (χ0v) is 21.0. The third kappa shape index (κ3) is 5.41. The van der Waals surface area contributed by atoms with E-state index in [1.807, 2.05) is 19.1 Å². The van der Waals surface area contributed by atoms with E-state index < -0.39 is 11.9 Å². The van der Waals surface area contributed by atoms with Gasteiger partial charge in [0.15, 0.2) is 0 Å². The van der Waals surface area contributed by atoms with Gasteiger partial charge in [-0.3, -0.25) is 9.59 Å². The van der Waals surface area contributed by atoms with Crippen molar-refractivity contribution in [2.45, 2.75) is 32.4 Å². The Balaban J connectivity index is 1.49.